The Kier molecular flexibility index (Phi) is 5.55. The first-order chi connectivity index (χ1) is 12.5. The van der Waals surface area contributed by atoms with Gasteiger partial charge in [-0.05, 0) is 17.7 Å². The van der Waals surface area contributed by atoms with Crippen LogP contribution in [0.5, 0.6) is 0 Å². The maximum absolute atomic E-state index is 14.4. The van der Waals surface area contributed by atoms with Gasteiger partial charge in [0.15, 0.2) is 7.14 Å². The molecule has 0 unspecified atom stereocenters. The first-order valence-electron chi connectivity index (χ1n) is 8.10. The van der Waals surface area contributed by atoms with Crippen molar-refractivity contribution in [3.8, 4) is 0 Å². The predicted molar refractivity (Wildman–Crippen MR) is 106 cm³/mol. The average Bonchev–Trinajstić information content (AvgIpc) is 2.67. The van der Waals surface area contributed by atoms with Crippen LogP contribution in [-0.2, 0) is 4.57 Å². The van der Waals surface area contributed by atoms with E-state index in [1.807, 2.05) is 12.1 Å². The lowest BCUT2D eigenvalue weighted by Crippen LogP contribution is -2.25. The van der Waals surface area contributed by atoms with Gasteiger partial charge in [0.25, 0.3) is 0 Å². The molecule has 4 nitrogen and oxygen atoms in total. The number of hydrogen-bond acceptors (Lipinski definition) is 3. The molecule has 0 aliphatic carbocycles. The fraction of sp³-hybridized carbons (Fsp3) is 0.100. The smallest absolute Gasteiger partial charge is 0.218 e. The van der Waals surface area contributed by atoms with E-state index in [4.69, 9.17) is 11.6 Å². The molecule has 26 heavy (non-hydrogen) atoms. The van der Waals surface area contributed by atoms with Crippen molar-refractivity contribution in [2.45, 2.75) is 5.66 Å². The lowest BCUT2D eigenvalue weighted by atomic mass is 10.1. The van der Waals surface area contributed by atoms with Crippen LogP contribution in [0.4, 0.5) is 0 Å². The number of rotatable bonds is 6. The van der Waals surface area contributed by atoms with Crippen LogP contribution >= 0.6 is 18.7 Å². The van der Waals surface area contributed by atoms with Crippen molar-refractivity contribution in [2.75, 3.05) is 6.54 Å². The molecule has 0 N–H and O–H groups in total. The molecule has 0 fully saturated rings. The van der Waals surface area contributed by atoms with Crippen molar-refractivity contribution in [1.29, 1.82) is 0 Å². The number of nitro groups is 1. The van der Waals surface area contributed by atoms with Crippen molar-refractivity contribution in [3.63, 3.8) is 0 Å². The Labute approximate surface area is 157 Å². The van der Waals surface area contributed by atoms with Crippen LogP contribution in [0.3, 0.4) is 0 Å². The molecule has 0 heterocycles. The van der Waals surface area contributed by atoms with Crippen molar-refractivity contribution in [3.05, 3.63) is 106 Å². The average molecular weight is 386 g/mol. The van der Waals surface area contributed by atoms with Gasteiger partial charge in [0.05, 0.1) is 0 Å². The van der Waals surface area contributed by atoms with Crippen LogP contribution < -0.4 is 10.6 Å². The topological polar surface area (TPSA) is 60.2 Å². The summed E-state index contributed by atoms with van der Waals surface area (Å²) >= 11 is 5.97. The molecule has 3 aromatic rings. The van der Waals surface area contributed by atoms with E-state index in [-0.39, 0.29) is 0 Å². The molecule has 0 saturated heterocycles. The minimum atomic E-state index is -3.31. The lowest BCUT2D eigenvalue weighted by molar-refractivity contribution is -0.480. The largest absolute Gasteiger partial charge is 0.313 e. The summed E-state index contributed by atoms with van der Waals surface area (Å²) in [4.78, 5) is 11.0. The van der Waals surface area contributed by atoms with Gasteiger partial charge in [0.2, 0.25) is 6.54 Å². The molecule has 6 heteroatoms. The minimum absolute atomic E-state index is 0.405. The highest BCUT2D eigenvalue weighted by Crippen LogP contribution is 2.57. The second kappa shape index (κ2) is 7.86. The van der Waals surface area contributed by atoms with Gasteiger partial charge in [-0.3, -0.25) is 10.1 Å². The SMILES string of the molecule is O=[N+]([O-])C[C@@H](c1ccc(Cl)cc1)P(=O)(c1ccccc1)c1ccccc1. The van der Waals surface area contributed by atoms with Gasteiger partial charge in [-0.2, -0.15) is 0 Å². The van der Waals surface area contributed by atoms with Crippen molar-refractivity contribution in [1.82, 2.24) is 0 Å². The van der Waals surface area contributed by atoms with Gasteiger partial charge >= 0.3 is 0 Å². The van der Waals surface area contributed by atoms with Crippen LogP contribution in [0.25, 0.3) is 0 Å². The van der Waals surface area contributed by atoms with Gasteiger partial charge in [-0.15, -0.1) is 0 Å². The van der Waals surface area contributed by atoms with E-state index in [1.165, 1.54) is 0 Å². The van der Waals surface area contributed by atoms with E-state index >= 15 is 0 Å². The Balaban J connectivity index is 2.24. The summed E-state index contributed by atoms with van der Waals surface area (Å²) in [6.45, 7) is -0.428. The molecule has 3 rings (SSSR count). The van der Waals surface area contributed by atoms with Crippen molar-refractivity contribution >= 4 is 29.4 Å². The zero-order valence-corrected chi connectivity index (χ0v) is 15.5. The third-order valence-electron chi connectivity index (χ3n) is 4.30. The molecule has 1 atom stereocenters. The molecular weight excluding hydrogens is 369 g/mol. The second-order valence-corrected chi connectivity index (χ2v) is 9.32. The highest BCUT2D eigenvalue weighted by molar-refractivity contribution is 7.79. The van der Waals surface area contributed by atoms with E-state index in [0.717, 1.165) is 0 Å². The Bertz CT molecular complexity index is 887. The molecule has 3 aromatic carbocycles. The molecule has 0 spiro atoms. The van der Waals surface area contributed by atoms with Gasteiger partial charge < -0.3 is 4.57 Å². The molecule has 0 radical (unpaired) electrons. The van der Waals surface area contributed by atoms with E-state index in [0.29, 0.717) is 21.2 Å². The highest BCUT2D eigenvalue weighted by atomic mass is 35.5. The third-order valence-corrected chi connectivity index (χ3v) is 8.02. The molecule has 0 aliphatic heterocycles. The summed E-state index contributed by atoms with van der Waals surface area (Å²) in [6, 6.07) is 24.8. The molecule has 0 amide bonds. The zero-order chi connectivity index (χ0) is 18.6. The molecular formula is C20H17ClNO3P. The third kappa shape index (κ3) is 3.72. The highest BCUT2D eigenvalue weighted by Gasteiger charge is 2.40. The second-order valence-electron chi connectivity index (χ2n) is 5.91. The van der Waals surface area contributed by atoms with Crippen molar-refractivity contribution < 1.29 is 9.49 Å². The Hall–Kier alpha value is -2.42. The maximum atomic E-state index is 14.4. The monoisotopic (exact) mass is 385 g/mol. The van der Waals surface area contributed by atoms with E-state index in [2.05, 4.69) is 0 Å². The van der Waals surface area contributed by atoms with E-state index in [9.17, 15) is 14.7 Å². The van der Waals surface area contributed by atoms with Crippen molar-refractivity contribution in [2.24, 2.45) is 0 Å². The Morgan fingerprint density at radius 2 is 1.31 bits per heavy atom. The van der Waals surface area contributed by atoms with Crippen LogP contribution in [0, 0.1) is 10.1 Å². The van der Waals surface area contributed by atoms with Gasteiger partial charge in [0.1, 0.15) is 5.66 Å². The summed E-state index contributed by atoms with van der Waals surface area (Å²) in [6.07, 6.45) is 0. The fourth-order valence-corrected chi connectivity index (χ4v) is 6.39. The number of halogens is 1. The molecule has 0 bridgehead atoms. The normalized spacial score (nSPS) is 12.5. The fourth-order valence-electron chi connectivity index (χ4n) is 3.06. The molecule has 0 aliphatic rings. The molecule has 0 aromatic heterocycles. The van der Waals surface area contributed by atoms with Crippen LogP contribution in [-0.4, -0.2) is 11.5 Å². The van der Waals surface area contributed by atoms with Gasteiger partial charge in [-0.1, -0.05) is 84.4 Å². The number of benzene rings is 3. The summed E-state index contributed by atoms with van der Waals surface area (Å²) in [5.41, 5.74) is -0.137. The van der Waals surface area contributed by atoms with E-state index in [1.54, 1.807) is 72.8 Å². The van der Waals surface area contributed by atoms with Crippen LogP contribution in [0.1, 0.15) is 11.2 Å². The lowest BCUT2D eigenvalue weighted by Gasteiger charge is -2.26. The Morgan fingerprint density at radius 3 is 1.73 bits per heavy atom. The first-order valence-corrected chi connectivity index (χ1v) is 10.3. The first kappa shape index (κ1) is 18.4. The number of hydrogen-bond donors (Lipinski definition) is 0. The summed E-state index contributed by atoms with van der Waals surface area (Å²) in [7, 11) is -3.31. The summed E-state index contributed by atoms with van der Waals surface area (Å²) in [5.74, 6) is 0. The number of nitrogens with zero attached hydrogens (tertiary/aromatic N) is 1. The standard InChI is InChI=1S/C20H17ClNO3P/c21-17-13-11-16(12-14-17)20(15-22(23)24)26(25,18-7-3-1-4-8-18)19-9-5-2-6-10-19/h1-14,20H,15H2/t20-/m0/s1. The zero-order valence-electron chi connectivity index (χ0n) is 13.9. The maximum Gasteiger partial charge on any atom is 0.218 e. The van der Waals surface area contributed by atoms with E-state index < -0.39 is 24.3 Å². The van der Waals surface area contributed by atoms with Gasteiger partial charge in [0, 0.05) is 20.6 Å². The summed E-state index contributed by atoms with van der Waals surface area (Å²) < 4.78 is 14.4. The van der Waals surface area contributed by atoms with Crippen LogP contribution in [0.15, 0.2) is 84.9 Å². The minimum Gasteiger partial charge on any atom is -0.313 e. The summed E-state index contributed by atoms with van der Waals surface area (Å²) in [5, 5.41) is 13.2. The van der Waals surface area contributed by atoms with Gasteiger partial charge in [-0.25, -0.2) is 0 Å². The molecule has 132 valence electrons. The predicted octanol–water partition coefficient (Wildman–Crippen LogP) is 4.67. The Morgan fingerprint density at radius 1 is 0.846 bits per heavy atom. The quantitative estimate of drug-likeness (QED) is 0.352. The molecule has 0 saturated carbocycles. The van der Waals surface area contributed by atoms with Crippen LogP contribution in [0.2, 0.25) is 5.02 Å².